The molecule has 4 nitrogen and oxygen atoms in total. The van der Waals surface area contributed by atoms with Crippen LogP contribution in [0.2, 0.25) is 5.02 Å². The Morgan fingerprint density at radius 3 is 2.48 bits per heavy atom. The Labute approximate surface area is 162 Å². The molecule has 0 aliphatic carbocycles. The standard InChI is InChI=1S/C22H18ClN3O/c1-14-8-10-17-18(12-14)21(15-6-4-3-5-7-15)25-26-22(17)24-19-13-16(23)9-11-20(19)27-2/h3-13H,1-2H3,(H,24,26). The van der Waals surface area contributed by atoms with E-state index in [1.165, 1.54) is 5.56 Å². The minimum Gasteiger partial charge on any atom is -0.495 e. The number of hydrogen-bond acceptors (Lipinski definition) is 4. The summed E-state index contributed by atoms with van der Waals surface area (Å²) in [5, 5.41) is 14.9. The number of benzene rings is 3. The fraction of sp³-hybridized carbons (Fsp3) is 0.0909. The molecule has 5 heteroatoms. The van der Waals surface area contributed by atoms with Gasteiger partial charge in [-0.3, -0.25) is 0 Å². The monoisotopic (exact) mass is 375 g/mol. The third-order valence-corrected chi connectivity index (χ3v) is 4.63. The summed E-state index contributed by atoms with van der Waals surface area (Å²) < 4.78 is 5.43. The van der Waals surface area contributed by atoms with E-state index in [0.29, 0.717) is 16.6 Å². The van der Waals surface area contributed by atoms with Crippen molar-refractivity contribution in [2.24, 2.45) is 0 Å². The molecular weight excluding hydrogens is 358 g/mol. The number of halogens is 1. The van der Waals surface area contributed by atoms with Crippen molar-refractivity contribution in [1.82, 2.24) is 10.2 Å². The fourth-order valence-corrected chi connectivity index (χ4v) is 3.25. The van der Waals surface area contributed by atoms with Gasteiger partial charge < -0.3 is 10.1 Å². The van der Waals surface area contributed by atoms with Crippen LogP contribution in [0.25, 0.3) is 22.0 Å². The number of ether oxygens (including phenoxy) is 1. The van der Waals surface area contributed by atoms with Crippen LogP contribution in [0.5, 0.6) is 5.75 Å². The van der Waals surface area contributed by atoms with Crippen molar-refractivity contribution in [1.29, 1.82) is 0 Å². The van der Waals surface area contributed by atoms with Crippen LogP contribution in [0.1, 0.15) is 5.56 Å². The minimum absolute atomic E-state index is 0.618. The molecule has 0 unspecified atom stereocenters. The topological polar surface area (TPSA) is 47.0 Å². The molecule has 0 radical (unpaired) electrons. The summed E-state index contributed by atoms with van der Waals surface area (Å²) in [7, 11) is 1.63. The first-order chi connectivity index (χ1) is 13.2. The number of aryl methyl sites for hydroxylation is 1. The normalized spacial score (nSPS) is 10.8. The summed E-state index contributed by atoms with van der Waals surface area (Å²) in [6.07, 6.45) is 0. The van der Waals surface area contributed by atoms with E-state index in [4.69, 9.17) is 16.3 Å². The molecule has 1 heterocycles. The quantitative estimate of drug-likeness (QED) is 0.474. The number of rotatable bonds is 4. The fourth-order valence-electron chi connectivity index (χ4n) is 3.08. The van der Waals surface area contributed by atoms with Gasteiger partial charge in [-0.05, 0) is 31.2 Å². The molecule has 0 fully saturated rings. The summed E-state index contributed by atoms with van der Waals surface area (Å²) in [4.78, 5) is 0. The first-order valence-electron chi connectivity index (χ1n) is 8.59. The Morgan fingerprint density at radius 1 is 0.889 bits per heavy atom. The van der Waals surface area contributed by atoms with Crippen LogP contribution in [-0.2, 0) is 0 Å². The molecule has 27 heavy (non-hydrogen) atoms. The number of aromatic nitrogens is 2. The van der Waals surface area contributed by atoms with Gasteiger partial charge in [-0.25, -0.2) is 0 Å². The van der Waals surface area contributed by atoms with Gasteiger partial charge in [0.1, 0.15) is 11.4 Å². The molecule has 4 aromatic rings. The molecule has 0 atom stereocenters. The number of methoxy groups -OCH3 is 1. The van der Waals surface area contributed by atoms with Crippen LogP contribution in [0, 0.1) is 6.92 Å². The van der Waals surface area contributed by atoms with E-state index in [2.05, 4.69) is 40.6 Å². The van der Waals surface area contributed by atoms with Crippen LogP contribution in [0.15, 0.2) is 66.7 Å². The van der Waals surface area contributed by atoms with Gasteiger partial charge in [0.2, 0.25) is 0 Å². The van der Waals surface area contributed by atoms with Gasteiger partial charge in [0.05, 0.1) is 12.8 Å². The maximum atomic E-state index is 6.15. The zero-order chi connectivity index (χ0) is 18.8. The molecule has 4 rings (SSSR count). The Bertz CT molecular complexity index is 1110. The van der Waals surface area contributed by atoms with Crippen molar-refractivity contribution in [3.63, 3.8) is 0 Å². The third kappa shape index (κ3) is 3.44. The molecule has 3 aromatic carbocycles. The summed E-state index contributed by atoms with van der Waals surface area (Å²) in [5.74, 6) is 1.35. The predicted molar refractivity (Wildman–Crippen MR) is 111 cm³/mol. The first-order valence-corrected chi connectivity index (χ1v) is 8.96. The van der Waals surface area contributed by atoms with Crippen molar-refractivity contribution >= 4 is 33.9 Å². The second-order valence-corrected chi connectivity index (χ2v) is 6.72. The van der Waals surface area contributed by atoms with Gasteiger partial charge >= 0.3 is 0 Å². The van der Waals surface area contributed by atoms with Gasteiger partial charge in [0, 0.05) is 21.4 Å². The second-order valence-electron chi connectivity index (χ2n) is 6.28. The summed E-state index contributed by atoms with van der Waals surface area (Å²) >= 11 is 6.15. The van der Waals surface area contributed by atoms with Crippen molar-refractivity contribution in [3.8, 4) is 17.0 Å². The zero-order valence-corrected chi connectivity index (χ0v) is 15.8. The van der Waals surface area contributed by atoms with E-state index in [9.17, 15) is 0 Å². The molecule has 134 valence electrons. The molecule has 0 aliphatic rings. The van der Waals surface area contributed by atoms with Crippen LogP contribution in [-0.4, -0.2) is 17.3 Å². The number of nitrogens with one attached hydrogen (secondary N) is 1. The van der Waals surface area contributed by atoms with E-state index < -0.39 is 0 Å². The summed E-state index contributed by atoms with van der Waals surface area (Å²) in [5.41, 5.74) is 3.80. The van der Waals surface area contributed by atoms with Crippen molar-refractivity contribution in [2.45, 2.75) is 6.92 Å². The van der Waals surface area contributed by atoms with E-state index in [1.807, 2.05) is 42.5 Å². The highest BCUT2D eigenvalue weighted by Crippen LogP contribution is 2.35. The maximum absolute atomic E-state index is 6.15. The molecule has 0 aliphatic heterocycles. The lowest BCUT2D eigenvalue weighted by Gasteiger charge is -2.14. The lowest BCUT2D eigenvalue weighted by Crippen LogP contribution is -2.01. The van der Waals surface area contributed by atoms with Crippen molar-refractivity contribution in [3.05, 3.63) is 77.3 Å². The highest BCUT2D eigenvalue weighted by molar-refractivity contribution is 6.31. The van der Waals surface area contributed by atoms with Gasteiger partial charge in [0.15, 0.2) is 5.82 Å². The average molecular weight is 376 g/mol. The SMILES string of the molecule is COc1ccc(Cl)cc1Nc1nnc(-c2ccccc2)c2cc(C)ccc12. The van der Waals surface area contributed by atoms with Crippen LogP contribution in [0.3, 0.4) is 0 Å². The van der Waals surface area contributed by atoms with E-state index >= 15 is 0 Å². The third-order valence-electron chi connectivity index (χ3n) is 4.40. The molecular formula is C22H18ClN3O. The Balaban J connectivity index is 1.88. The lowest BCUT2D eigenvalue weighted by molar-refractivity contribution is 0.417. The number of fused-ring (bicyclic) bond motifs is 1. The van der Waals surface area contributed by atoms with Crippen LogP contribution >= 0.6 is 11.6 Å². The Kier molecular flexibility index (Phi) is 4.65. The second kappa shape index (κ2) is 7.25. The van der Waals surface area contributed by atoms with E-state index in [0.717, 1.165) is 27.7 Å². The molecule has 1 N–H and O–H groups in total. The average Bonchev–Trinajstić information content (AvgIpc) is 2.69. The van der Waals surface area contributed by atoms with Gasteiger partial charge in [0.25, 0.3) is 0 Å². The summed E-state index contributed by atoms with van der Waals surface area (Å²) in [6.45, 7) is 2.07. The van der Waals surface area contributed by atoms with E-state index in [1.54, 1.807) is 13.2 Å². The van der Waals surface area contributed by atoms with E-state index in [-0.39, 0.29) is 0 Å². The highest BCUT2D eigenvalue weighted by atomic mass is 35.5. The summed E-state index contributed by atoms with van der Waals surface area (Å²) in [6, 6.07) is 21.8. The van der Waals surface area contributed by atoms with Gasteiger partial charge in [-0.1, -0.05) is 59.6 Å². The number of nitrogens with zero attached hydrogens (tertiary/aromatic N) is 2. The molecule has 0 saturated carbocycles. The number of anilines is 2. The molecule has 0 amide bonds. The predicted octanol–water partition coefficient (Wildman–Crippen LogP) is 6.01. The van der Waals surface area contributed by atoms with Crippen molar-refractivity contribution in [2.75, 3.05) is 12.4 Å². The molecule has 0 spiro atoms. The van der Waals surface area contributed by atoms with Crippen molar-refractivity contribution < 1.29 is 4.74 Å². The Hall–Kier alpha value is -3.11. The Morgan fingerprint density at radius 2 is 1.70 bits per heavy atom. The smallest absolute Gasteiger partial charge is 0.161 e. The first kappa shape index (κ1) is 17.3. The zero-order valence-electron chi connectivity index (χ0n) is 15.0. The largest absolute Gasteiger partial charge is 0.495 e. The maximum Gasteiger partial charge on any atom is 0.161 e. The highest BCUT2D eigenvalue weighted by Gasteiger charge is 2.13. The number of hydrogen-bond donors (Lipinski definition) is 1. The van der Waals surface area contributed by atoms with Gasteiger partial charge in [-0.15, -0.1) is 10.2 Å². The minimum atomic E-state index is 0.618. The molecule has 0 bridgehead atoms. The van der Waals surface area contributed by atoms with Crippen LogP contribution in [0.4, 0.5) is 11.5 Å². The lowest BCUT2D eigenvalue weighted by atomic mass is 10.0. The molecule has 0 saturated heterocycles. The molecule has 1 aromatic heterocycles. The van der Waals surface area contributed by atoms with Gasteiger partial charge in [-0.2, -0.15) is 0 Å². The van der Waals surface area contributed by atoms with Crippen LogP contribution < -0.4 is 10.1 Å².